The van der Waals surface area contributed by atoms with Gasteiger partial charge in [-0.25, -0.2) is 0 Å². The number of carbonyl (C=O) groups is 2. The normalized spacial score (nSPS) is 18.0. The Morgan fingerprint density at radius 3 is 2.44 bits per heavy atom. The molecular formula is C28H32N2O2S2. The number of thiophene rings is 2. The van der Waals surface area contributed by atoms with E-state index >= 15 is 0 Å². The van der Waals surface area contributed by atoms with Gasteiger partial charge >= 0.3 is 0 Å². The van der Waals surface area contributed by atoms with Crippen molar-refractivity contribution in [2.45, 2.75) is 64.0 Å². The lowest BCUT2D eigenvalue weighted by Gasteiger charge is -2.38. The highest BCUT2D eigenvalue weighted by Crippen LogP contribution is 2.39. The van der Waals surface area contributed by atoms with E-state index in [-0.39, 0.29) is 35.9 Å². The number of nitrogens with zero attached hydrogens (tertiary/aromatic N) is 2. The summed E-state index contributed by atoms with van der Waals surface area (Å²) in [6.45, 7) is 7.51. The Labute approximate surface area is 210 Å². The number of hydrogen-bond donors (Lipinski definition) is 0. The smallest absolute Gasteiger partial charge is 0.243 e. The van der Waals surface area contributed by atoms with Crippen LogP contribution in [0.5, 0.6) is 0 Å². The van der Waals surface area contributed by atoms with Crippen molar-refractivity contribution < 1.29 is 9.59 Å². The standard InChI is InChI=1S/C28H32N2O2S2/c1-28(2,3)20-8-6-19(7-9-20)27-23-13-16-34-24(23)12-14-29(27)26(32)18-30(21-10-11-21)25(31)17-22-5-4-15-33-22/h4-9,13,15-16,21,27H,10-12,14,17-18H2,1-3H3. The number of benzene rings is 1. The van der Waals surface area contributed by atoms with E-state index in [4.69, 9.17) is 0 Å². The monoisotopic (exact) mass is 492 g/mol. The minimum atomic E-state index is -0.0926. The highest BCUT2D eigenvalue weighted by Gasteiger charge is 2.38. The Hall–Kier alpha value is -2.44. The van der Waals surface area contributed by atoms with Crippen molar-refractivity contribution in [2.24, 2.45) is 0 Å². The number of carbonyl (C=O) groups excluding carboxylic acids is 2. The summed E-state index contributed by atoms with van der Waals surface area (Å²) in [5.74, 6) is 0.116. The molecule has 2 aliphatic rings. The van der Waals surface area contributed by atoms with E-state index in [2.05, 4.69) is 56.5 Å². The Bertz CT molecular complexity index is 1150. The summed E-state index contributed by atoms with van der Waals surface area (Å²) in [4.78, 5) is 33.1. The van der Waals surface area contributed by atoms with Gasteiger partial charge < -0.3 is 9.80 Å². The summed E-state index contributed by atoms with van der Waals surface area (Å²) in [5.41, 5.74) is 3.75. The number of hydrogen-bond acceptors (Lipinski definition) is 4. The SMILES string of the molecule is CC(C)(C)c1ccc(C2c3ccsc3CCN2C(=O)CN(C(=O)Cc2cccs2)C2CC2)cc1. The third-order valence-corrected chi connectivity index (χ3v) is 8.77. The van der Waals surface area contributed by atoms with Crippen LogP contribution >= 0.6 is 22.7 Å². The van der Waals surface area contributed by atoms with Gasteiger partial charge in [0.05, 0.1) is 12.5 Å². The molecule has 6 heteroatoms. The van der Waals surface area contributed by atoms with E-state index in [1.165, 1.54) is 16.0 Å². The summed E-state index contributed by atoms with van der Waals surface area (Å²) in [5, 5.41) is 4.13. The molecule has 2 aromatic heterocycles. The maximum absolute atomic E-state index is 13.7. The van der Waals surface area contributed by atoms with Gasteiger partial charge in [0.15, 0.2) is 0 Å². The highest BCUT2D eigenvalue weighted by molar-refractivity contribution is 7.10. The molecule has 0 N–H and O–H groups in total. The van der Waals surface area contributed by atoms with E-state index in [1.807, 2.05) is 27.3 Å². The van der Waals surface area contributed by atoms with Crippen LogP contribution in [0, 0.1) is 0 Å². The molecule has 178 valence electrons. The van der Waals surface area contributed by atoms with Crippen LogP contribution < -0.4 is 0 Å². The fourth-order valence-corrected chi connectivity index (χ4v) is 6.42. The van der Waals surface area contributed by atoms with Gasteiger partial charge in [-0.1, -0.05) is 51.1 Å². The first-order chi connectivity index (χ1) is 16.3. The maximum atomic E-state index is 13.7. The molecule has 1 aliphatic heterocycles. The van der Waals surface area contributed by atoms with Gasteiger partial charge in [-0.2, -0.15) is 0 Å². The lowest BCUT2D eigenvalue weighted by molar-refractivity contribution is -0.141. The van der Waals surface area contributed by atoms with Gasteiger partial charge in [0, 0.05) is 22.3 Å². The third-order valence-electron chi connectivity index (χ3n) is 6.90. The van der Waals surface area contributed by atoms with Crippen LogP contribution in [0.1, 0.15) is 66.1 Å². The van der Waals surface area contributed by atoms with Gasteiger partial charge in [-0.3, -0.25) is 9.59 Å². The molecule has 1 unspecified atom stereocenters. The first-order valence-corrected chi connectivity index (χ1v) is 13.9. The van der Waals surface area contributed by atoms with E-state index < -0.39 is 0 Å². The summed E-state index contributed by atoms with van der Waals surface area (Å²) in [6.07, 6.45) is 3.25. The lowest BCUT2D eigenvalue weighted by atomic mass is 9.85. The second-order valence-corrected chi connectivity index (χ2v) is 12.5. The first kappa shape index (κ1) is 23.3. The Morgan fingerprint density at radius 2 is 1.79 bits per heavy atom. The third kappa shape index (κ3) is 4.84. The van der Waals surface area contributed by atoms with Crippen molar-refractivity contribution in [2.75, 3.05) is 13.1 Å². The van der Waals surface area contributed by atoms with Crippen molar-refractivity contribution in [3.8, 4) is 0 Å². The topological polar surface area (TPSA) is 40.6 Å². The van der Waals surface area contributed by atoms with Gasteiger partial charge in [0.2, 0.25) is 11.8 Å². The molecule has 1 fully saturated rings. The van der Waals surface area contributed by atoms with Crippen molar-refractivity contribution in [3.05, 3.63) is 79.7 Å². The van der Waals surface area contributed by atoms with E-state index in [0.29, 0.717) is 13.0 Å². The molecule has 1 saturated carbocycles. The number of amides is 2. The Balaban J connectivity index is 1.39. The van der Waals surface area contributed by atoms with Crippen LogP contribution in [0.3, 0.4) is 0 Å². The van der Waals surface area contributed by atoms with Crippen LogP contribution in [-0.2, 0) is 27.8 Å². The molecule has 0 radical (unpaired) electrons. The van der Waals surface area contributed by atoms with Crippen molar-refractivity contribution >= 4 is 34.5 Å². The molecule has 5 rings (SSSR count). The Morgan fingerprint density at radius 1 is 1.03 bits per heavy atom. The molecule has 0 spiro atoms. The Kier molecular flexibility index (Phi) is 6.38. The molecule has 1 aromatic carbocycles. The first-order valence-electron chi connectivity index (χ1n) is 12.1. The second kappa shape index (κ2) is 9.31. The van der Waals surface area contributed by atoms with E-state index in [0.717, 1.165) is 29.7 Å². The second-order valence-electron chi connectivity index (χ2n) is 10.4. The predicted octanol–water partition coefficient (Wildman–Crippen LogP) is 5.81. The summed E-state index contributed by atoms with van der Waals surface area (Å²) in [6, 6.07) is 15.0. The quantitative estimate of drug-likeness (QED) is 0.435. The molecule has 2 amide bonds. The molecular weight excluding hydrogens is 460 g/mol. The average molecular weight is 493 g/mol. The number of fused-ring (bicyclic) bond motifs is 1. The fraction of sp³-hybridized carbons (Fsp3) is 0.429. The zero-order valence-corrected chi connectivity index (χ0v) is 21.8. The molecule has 3 heterocycles. The maximum Gasteiger partial charge on any atom is 0.243 e. The van der Waals surface area contributed by atoms with Gasteiger partial charge in [-0.15, -0.1) is 22.7 Å². The highest BCUT2D eigenvalue weighted by atomic mass is 32.1. The summed E-state index contributed by atoms with van der Waals surface area (Å²) >= 11 is 3.38. The van der Waals surface area contributed by atoms with Crippen LogP contribution in [0.15, 0.2) is 53.2 Å². The van der Waals surface area contributed by atoms with E-state index in [1.54, 1.807) is 22.7 Å². The van der Waals surface area contributed by atoms with E-state index in [9.17, 15) is 9.59 Å². The average Bonchev–Trinajstić information content (AvgIpc) is 3.30. The molecule has 34 heavy (non-hydrogen) atoms. The predicted molar refractivity (Wildman–Crippen MR) is 139 cm³/mol. The van der Waals surface area contributed by atoms with Gasteiger partial charge in [-0.05, 0) is 64.3 Å². The zero-order chi connectivity index (χ0) is 23.9. The largest absolute Gasteiger partial charge is 0.330 e. The van der Waals surface area contributed by atoms with Gasteiger partial charge in [0.25, 0.3) is 0 Å². The molecule has 1 aliphatic carbocycles. The van der Waals surface area contributed by atoms with Crippen LogP contribution in [0.25, 0.3) is 0 Å². The van der Waals surface area contributed by atoms with Crippen molar-refractivity contribution in [3.63, 3.8) is 0 Å². The molecule has 0 bridgehead atoms. The van der Waals surface area contributed by atoms with Crippen LogP contribution in [0.4, 0.5) is 0 Å². The summed E-state index contributed by atoms with van der Waals surface area (Å²) < 4.78 is 0. The lowest BCUT2D eigenvalue weighted by Crippen LogP contribution is -2.47. The molecule has 1 atom stereocenters. The minimum absolute atomic E-state index is 0.0492. The number of rotatable bonds is 6. The minimum Gasteiger partial charge on any atom is -0.330 e. The fourth-order valence-electron chi connectivity index (χ4n) is 4.82. The van der Waals surface area contributed by atoms with Crippen LogP contribution in [0.2, 0.25) is 0 Å². The van der Waals surface area contributed by atoms with Gasteiger partial charge in [0.1, 0.15) is 6.54 Å². The molecule has 0 saturated heterocycles. The molecule has 4 nitrogen and oxygen atoms in total. The summed E-state index contributed by atoms with van der Waals surface area (Å²) in [7, 11) is 0. The molecule has 3 aromatic rings. The van der Waals surface area contributed by atoms with Crippen molar-refractivity contribution in [1.29, 1.82) is 0 Å². The zero-order valence-electron chi connectivity index (χ0n) is 20.1. The van der Waals surface area contributed by atoms with Crippen LogP contribution in [-0.4, -0.2) is 40.7 Å². The van der Waals surface area contributed by atoms with Crippen molar-refractivity contribution in [1.82, 2.24) is 9.80 Å².